The summed E-state index contributed by atoms with van der Waals surface area (Å²) in [6.07, 6.45) is -0.916. The third-order valence-corrected chi connectivity index (χ3v) is 7.19. The molecule has 11 heteroatoms. The van der Waals surface area contributed by atoms with Crippen LogP contribution in [-0.4, -0.2) is 92.2 Å². The fourth-order valence-corrected chi connectivity index (χ4v) is 4.64. The first-order valence-corrected chi connectivity index (χ1v) is 13.4. The molecule has 11 nitrogen and oxygen atoms in total. The van der Waals surface area contributed by atoms with Crippen LogP contribution in [0.25, 0.3) is 0 Å². The Balaban J connectivity index is 1.06. The zero-order valence-corrected chi connectivity index (χ0v) is 22.1. The highest BCUT2D eigenvalue weighted by Crippen LogP contribution is 2.37. The lowest BCUT2D eigenvalue weighted by atomic mass is 9.81. The van der Waals surface area contributed by atoms with E-state index in [2.05, 4.69) is 5.32 Å². The minimum absolute atomic E-state index is 0.0681. The molecule has 3 fully saturated rings. The Morgan fingerprint density at radius 3 is 2.29 bits per heavy atom. The lowest BCUT2D eigenvalue weighted by Gasteiger charge is -2.44. The molecule has 4 rings (SSSR count). The van der Waals surface area contributed by atoms with Gasteiger partial charge in [-0.1, -0.05) is 20.3 Å². The third kappa shape index (κ3) is 7.03. The second kappa shape index (κ2) is 13.7. The van der Waals surface area contributed by atoms with Crippen LogP contribution >= 0.6 is 0 Å². The summed E-state index contributed by atoms with van der Waals surface area (Å²) in [5.74, 6) is 1.29. The Labute approximate surface area is 223 Å². The second-order valence-electron chi connectivity index (χ2n) is 9.83. The molecule has 38 heavy (non-hydrogen) atoms. The Hall–Kier alpha value is -2.25. The van der Waals surface area contributed by atoms with Crippen LogP contribution in [0.3, 0.4) is 0 Å². The molecule has 1 aliphatic carbocycles. The van der Waals surface area contributed by atoms with E-state index in [4.69, 9.17) is 23.7 Å². The number of carbonyl (C=O) groups excluding carboxylic acids is 1. The lowest BCUT2D eigenvalue weighted by Crippen LogP contribution is -2.58. The monoisotopic (exact) mass is 536 g/mol. The Bertz CT molecular complexity index is 935. The van der Waals surface area contributed by atoms with Gasteiger partial charge in [0.1, 0.15) is 30.4 Å². The first-order valence-electron chi connectivity index (χ1n) is 13.4. The Morgan fingerprint density at radius 1 is 1.03 bits per heavy atom. The number of allylic oxidation sites excluding steroid dienone is 1. The fraction of sp³-hybridized carbons (Fsp3) is 0.667. The highest BCUT2D eigenvalue weighted by atomic mass is 16.7. The maximum absolute atomic E-state index is 11.9. The molecule has 6 atom stereocenters. The van der Waals surface area contributed by atoms with Gasteiger partial charge in [0.05, 0.1) is 51.4 Å². The van der Waals surface area contributed by atoms with E-state index in [1.165, 1.54) is 5.57 Å². The average molecular weight is 537 g/mol. The van der Waals surface area contributed by atoms with E-state index < -0.39 is 37.1 Å². The Kier molecular flexibility index (Phi) is 10.4. The number of aliphatic hydroxyl groups is 3. The van der Waals surface area contributed by atoms with Crippen molar-refractivity contribution in [2.45, 2.75) is 57.7 Å². The van der Waals surface area contributed by atoms with Crippen molar-refractivity contribution in [3.8, 4) is 5.75 Å². The predicted molar refractivity (Wildman–Crippen MR) is 138 cm³/mol. The fourth-order valence-electron chi connectivity index (χ4n) is 4.64. The minimum atomic E-state index is -1.15. The van der Waals surface area contributed by atoms with Crippen molar-refractivity contribution in [3.63, 3.8) is 0 Å². The molecule has 2 amide bonds. The van der Waals surface area contributed by atoms with Gasteiger partial charge in [0, 0.05) is 5.92 Å². The minimum Gasteiger partial charge on any atom is -0.491 e. The number of ether oxygens (including phenoxy) is 5. The molecule has 1 saturated carbocycles. The zero-order chi connectivity index (χ0) is 27.1. The van der Waals surface area contributed by atoms with Gasteiger partial charge < -0.3 is 39.0 Å². The molecule has 0 spiro atoms. The summed E-state index contributed by atoms with van der Waals surface area (Å²) in [5.41, 5.74) is 2.10. The number of benzene rings is 1. The van der Waals surface area contributed by atoms with E-state index in [1.807, 2.05) is 38.1 Å². The third-order valence-electron chi connectivity index (χ3n) is 7.19. The van der Waals surface area contributed by atoms with Crippen LogP contribution < -0.4 is 15.0 Å². The molecule has 6 unspecified atom stereocenters. The number of carbonyl (C=O) groups is 1. The molecular weight excluding hydrogens is 496 g/mol. The van der Waals surface area contributed by atoms with Gasteiger partial charge in [-0.15, -0.1) is 0 Å². The Morgan fingerprint density at radius 2 is 1.68 bits per heavy atom. The molecule has 2 saturated heterocycles. The number of anilines is 1. The van der Waals surface area contributed by atoms with E-state index in [9.17, 15) is 20.1 Å². The first-order chi connectivity index (χ1) is 18.4. The van der Waals surface area contributed by atoms with Crippen molar-refractivity contribution < 1.29 is 43.8 Å². The van der Waals surface area contributed by atoms with Gasteiger partial charge in [0.25, 0.3) is 0 Å². The number of urea groups is 1. The van der Waals surface area contributed by atoms with E-state index in [0.29, 0.717) is 38.8 Å². The normalized spacial score (nSPS) is 27.7. The molecule has 0 bridgehead atoms. The number of nitrogens with zero attached hydrogens (tertiary/aromatic N) is 1. The summed E-state index contributed by atoms with van der Waals surface area (Å²) in [7, 11) is 0. The molecule has 1 aromatic rings. The van der Waals surface area contributed by atoms with Crippen LogP contribution in [0, 0.1) is 11.8 Å². The molecule has 2 heterocycles. The lowest BCUT2D eigenvalue weighted by molar-refractivity contribution is -0.295. The van der Waals surface area contributed by atoms with Gasteiger partial charge in [0.15, 0.2) is 6.29 Å². The van der Waals surface area contributed by atoms with Crippen LogP contribution in [0.5, 0.6) is 5.75 Å². The molecule has 4 N–H and O–H groups in total. The summed E-state index contributed by atoms with van der Waals surface area (Å²) in [6.45, 7) is 5.71. The van der Waals surface area contributed by atoms with Gasteiger partial charge in [-0.2, -0.15) is 0 Å². The van der Waals surface area contributed by atoms with Crippen LogP contribution in [0.1, 0.15) is 33.1 Å². The number of nitrogens with one attached hydrogen (secondary N) is 1. The molecular formula is C27H40N2O9. The number of hydrogen-bond donors (Lipinski definition) is 4. The zero-order valence-electron chi connectivity index (χ0n) is 22.1. The van der Waals surface area contributed by atoms with Crippen LogP contribution in [0.4, 0.5) is 10.5 Å². The topological polar surface area (TPSA) is 139 Å². The number of hydrogen-bond acceptors (Lipinski definition) is 9. The summed E-state index contributed by atoms with van der Waals surface area (Å²) < 4.78 is 28.3. The summed E-state index contributed by atoms with van der Waals surface area (Å²) in [6, 6.07) is 7.29. The smallest absolute Gasteiger partial charge is 0.333 e. The van der Waals surface area contributed by atoms with Crippen molar-refractivity contribution in [1.29, 1.82) is 0 Å². The van der Waals surface area contributed by atoms with E-state index in [1.54, 1.807) is 4.90 Å². The van der Waals surface area contributed by atoms with Crippen molar-refractivity contribution >= 4 is 11.7 Å². The molecule has 212 valence electrons. The van der Waals surface area contributed by atoms with E-state index >= 15 is 0 Å². The van der Waals surface area contributed by atoms with E-state index in [-0.39, 0.29) is 18.6 Å². The predicted octanol–water partition coefficient (Wildman–Crippen LogP) is 1.75. The maximum atomic E-state index is 11.9. The first kappa shape index (κ1) is 28.8. The van der Waals surface area contributed by atoms with Crippen molar-refractivity contribution in [2.24, 2.45) is 11.8 Å². The molecule has 0 aromatic heterocycles. The summed E-state index contributed by atoms with van der Waals surface area (Å²) in [5, 5.41) is 33.0. The number of amides is 2. The molecule has 2 aliphatic heterocycles. The highest BCUT2D eigenvalue weighted by molar-refractivity contribution is 6.04. The largest absolute Gasteiger partial charge is 0.491 e. The second-order valence-corrected chi connectivity index (χ2v) is 9.83. The van der Waals surface area contributed by atoms with Crippen LogP contribution in [0.2, 0.25) is 0 Å². The van der Waals surface area contributed by atoms with Gasteiger partial charge in [-0.3, -0.25) is 5.32 Å². The van der Waals surface area contributed by atoms with Crippen LogP contribution in [0.15, 0.2) is 35.7 Å². The van der Waals surface area contributed by atoms with Crippen molar-refractivity contribution in [3.05, 3.63) is 35.7 Å². The quantitative estimate of drug-likeness (QED) is 0.247. The standard InChI is InChI=1S/C27H40N2O9/c1-3-17(2)22-24(32)23(31)21(16-30)38-26(22)37-15-13-35-11-10-34-12-14-36-20-8-6-19(7-9-20)29-25(18-4-5-18)28-27(29)33/h6-9,17,21-24,26,30-32H,3-5,10-16H2,1-2H3,(H,28,33). The van der Waals surface area contributed by atoms with Crippen LogP contribution in [-0.2, 0) is 18.9 Å². The van der Waals surface area contributed by atoms with Gasteiger partial charge >= 0.3 is 6.03 Å². The van der Waals surface area contributed by atoms with E-state index in [0.717, 1.165) is 30.8 Å². The number of rotatable bonds is 15. The van der Waals surface area contributed by atoms with Gasteiger partial charge in [-0.05, 0) is 48.6 Å². The van der Waals surface area contributed by atoms with Crippen molar-refractivity contribution in [1.82, 2.24) is 5.32 Å². The summed E-state index contributed by atoms with van der Waals surface area (Å²) >= 11 is 0. The maximum Gasteiger partial charge on any atom is 0.333 e. The molecule has 1 aromatic carbocycles. The SMILES string of the molecule is CCC(C)C1C(OCCOCCOCCOc2ccc(N3C(=O)NC3=C3CC3)cc2)OC(CO)C(O)C1O. The molecule has 0 radical (unpaired) electrons. The highest BCUT2D eigenvalue weighted by Gasteiger charge is 2.46. The number of aliphatic hydroxyl groups excluding tert-OH is 3. The van der Waals surface area contributed by atoms with Gasteiger partial charge in [0.2, 0.25) is 0 Å². The summed E-state index contributed by atoms with van der Waals surface area (Å²) in [4.78, 5) is 13.6. The van der Waals surface area contributed by atoms with Gasteiger partial charge in [-0.25, -0.2) is 9.69 Å². The average Bonchev–Trinajstić information content (AvgIpc) is 3.75. The van der Waals surface area contributed by atoms with Crippen molar-refractivity contribution in [2.75, 3.05) is 51.1 Å². The molecule has 3 aliphatic rings.